The van der Waals surface area contributed by atoms with Gasteiger partial charge in [0.1, 0.15) is 0 Å². The van der Waals surface area contributed by atoms with E-state index in [2.05, 4.69) is 37.1 Å². The van der Waals surface area contributed by atoms with Gasteiger partial charge in [0.15, 0.2) is 0 Å². The quantitative estimate of drug-likeness (QED) is 0.804. The van der Waals surface area contributed by atoms with Gasteiger partial charge in [-0.3, -0.25) is 4.79 Å². The normalized spacial score (nSPS) is 22.9. The van der Waals surface area contributed by atoms with Crippen LogP contribution in [0.2, 0.25) is 0 Å². The van der Waals surface area contributed by atoms with Gasteiger partial charge in [-0.1, -0.05) is 6.92 Å². The molecule has 0 radical (unpaired) electrons. The summed E-state index contributed by atoms with van der Waals surface area (Å²) >= 11 is 1.80. The zero-order chi connectivity index (χ0) is 12.4. The Bertz CT molecular complexity index is 399. The number of hydrogen-bond acceptors (Lipinski definition) is 2. The third kappa shape index (κ3) is 2.71. The highest BCUT2D eigenvalue weighted by Crippen LogP contribution is 2.33. The third-order valence-electron chi connectivity index (χ3n) is 3.74. The lowest BCUT2D eigenvalue weighted by Crippen LogP contribution is -2.43. The number of rotatable bonds is 3. The third-order valence-corrected chi connectivity index (χ3v) is 4.95. The number of nitrogens with zero attached hydrogens (tertiary/aromatic N) is 1. The molecule has 2 rings (SSSR count). The van der Waals surface area contributed by atoms with Gasteiger partial charge in [0.2, 0.25) is 5.91 Å². The molecule has 0 aliphatic carbocycles. The predicted molar refractivity (Wildman–Crippen MR) is 72.5 cm³/mol. The second-order valence-electron chi connectivity index (χ2n) is 5.06. The molecule has 1 amide bonds. The van der Waals surface area contributed by atoms with Gasteiger partial charge in [-0.25, -0.2) is 0 Å². The average molecular weight is 251 g/mol. The molecule has 2 heterocycles. The van der Waals surface area contributed by atoms with E-state index >= 15 is 0 Å². The van der Waals surface area contributed by atoms with Crippen LogP contribution in [0.4, 0.5) is 0 Å². The molecular weight excluding hydrogens is 230 g/mol. The lowest BCUT2D eigenvalue weighted by molar-refractivity contribution is -0.136. The highest BCUT2D eigenvalue weighted by Gasteiger charge is 2.29. The lowest BCUT2D eigenvalue weighted by atomic mass is 9.93. The van der Waals surface area contributed by atoms with Gasteiger partial charge < -0.3 is 4.90 Å². The maximum atomic E-state index is 12.1. The van der Waals surface area contributed by atoms with E-state index < -0.39 is 0 Å². The van der Waals surface area contributed by atoms with Crippen LogP contribution in [0.1, 0.15) is 49.5 Å². The van der Waals surface area contributed by atoms with Crippen molar-refractivity contribution < 1.29 is 4.79 Å². The Kier molecular flexibility index (Phi) is 3.87. The first-order chi connectivity index (χ1) is 8.11. The van der Waals surface area contributed by atoms with Gasteiger partial charge in [-0.05, 0) is 43.7 Å². The standard InChI is InChI=1S/C14H21NOS/c1-4-11(3)15-6-5-12(8-14(15)16)13-7-10(2)9-17-13/h7,9,11-12H,4-6,8H2,1-3H3. The highest BCUT2D eigenvalue weighted by atomic mass is 32.1. The van der Waals surface area contributed by atoms with Gasteiger partial charge >= 0.3 is 0 Å². The zero-order valence-electron chi connectivity index (χ0n) is 10.9. The van der Waals surface area contributed by atoms with E-state index in [1.165, 1.54) is 10.4 Å². The van der Waals surface area contributed by atoms with E-state index in [0.29, 0.717) is 24.3 Å². The molecule has 94 valence electrons. The van der Waals surface area contributed by atoms with Crippen LogP contribution in [0.15, 0.2) is 11.4 Å². The van der Waals surface area contributed by atoms with Crippen molar-refractivity contribution in [1.82, 2.24) is 4.90 Å². The van der Waals surface area contributed by atoms with Crippen molar-refractivity contribution in [3.8, 4) is 0 Å². The molecule has 0 saturated carbocycles. The summed E-state index contributed by atoms with van der Waals surface area (Å²) in [5, 5.41) is 2.18. The van der Waals surface area contributed by atoms with E-state index in [0.717, 1.165) is 19.4 Å². The molecule has 1 fully saturated rings. The molecular formula is C14H21NOS. The monoisotopic (exact) mass is 251 g/mol. The van der Waals surface area contributed by atoms with Crippen LogP contribution in [-0.2, 0) is 4.79 Å². The first-order valence-electron chi connectivity index (χ1n) is 6.46. The Hall–Kier alpha value is -0.830. The van der Waals surface area contributed by atoms with Crippen LogP contribution in [0.5, 0.6) is 0 Å². The fourth-order valence-electron chi connectivity index (χ4n) is 2.45. The summed E-state index contributed by atoms with van der Waals surface area (Å²) < 4.78 is 0. The Morgan fingerprint density at radius 3 is 2.88 bits per heavy atom. The molecule has 1 aliphatic heterocycles. The molecule has 1 saturated heterocycles. The van der Waals surface area contributed by atoms with E-state index in [1.807, 2.05) is 0 Å². The average Bonchev–Trinajstić information content (AvgIpc) is 2.75. The van der Waals surface area contributed by atoms with E-state index in [-0.39, 0.29) is 0 Å². The van der Waals surface area contributed by atoms with Crippen LogP contribution in [0.3, 0.4) is 0 Å². The lowest BCUT2D eigenvalue weighted by Gasteiger charge is -2.35. The number of carbonyl (C=O) groups is 1. The van der Waals surface area contributed by atoms with E-state index in [9.17, 15) is 4.79 Å². The summed E-state index contributed by atoms with van der Waals surface area (Å²) in [5.41, 5.74) is 1.32. The van der Waals surface area contributed by atoms with Crippen molar-refractivity contribution in [3.63, 3.8) is 0 Å². The summed E-state index contributed by atoms with van der Waals surface area (Å²) in [6.45, 7) is 7.34. The Labute approximate surface area is 108 Å². The number of hydrogen-bond donors (Lipinski definition) is 0. The minimum Gasteiger partial charge on any atom is -0.340 e. The molecule has 2 atom stereocenters. The number of aryl methyl sites for hydroxylation is 1. The van der Waals surface area contributed by atoms with Crippen molar-refractivity contribution in [2.45, 2.75) is 52.0 Å². The van der Waals surface area contributed by atoms with Gasteiger partial charge in [0.05, 0.1) is 0 Å². The SMILES string of the molecule is CCC(C)N1CCC(c2cc(C)cs2)CC1=O. The molecule has 1 aliphatic rings. The van der Waals surface area contributed by atoms with Crippen LogP contribution < -0.4 is 0 Å². The summed E-state index contributed by atoms with van der Waals surface area (Å²) in [6.07, 6.45) is 2.87. The molecule has 0 bridgehead atoms. The fourth-order valence-corrected chi connectivity index (χ4v) is 3.48. The molecule has 17 heavy (non-hydrogen) atoms. The number of thiophene rings is 1. The first-order valence-corrected chi connectivity index (χ1v) is 7.34. The van der Waals surface area contributed by atoms with Crippen molar-refractivity contribution in [3.05, 3.63) is 21.9 Å². The number of likely N-dealkylation sites (tertiary alicyclic amines) is 1. The van der Waals surface area contributed by atoms with E-state index in [1.54, 1.807) is 11.3 Å². The Balaban J connectivity index is 2.02. The van der Waals surface area contributed by atoms with Crippen molar-refractivity contribution >= 4 is 17.2 Å². The van der Waals surface area contributed by atoms with Crippen molar-refractivity contribution in [2.24, 2.45) is 0 Å². The number of amides is 1. The maximum Gasteiger partial charge on any atom is 0.223 e. The van der Waals surface area contributed by atoms with Crippen molar-refractivity contribution in [2.75, 3.05) is 6.54 Å². The molecule has 1 aromatic heterocycles. The Morgan fingerprint density at radius 1 is 1.59 bits per heavy atom. The van der Waals surface area contributed by atoms with Crippen molar-refractivity contribution in [1.29, 1.82) is 0 Å². The topological polar surface area (TPSA) is 20.3 Å². The van der Waals surface area contributed by atoms with Gasteiger partial charge in [-0.2, -0.15) is 0 Å². The number of piperidine rings is 1. The summed E-state index contributed by atoms with van der Waals surface area (Å²) in [4.78, 5) is 15.6. The van der Waals surface area contributed by atoms with Crippen LogP contribution in [0, 0.1) is 6.92 Å². The molecule has 0 spiro atoms. The first kappa shape index (κ1) is 12.6. The summed E-state index contributed by atoms with van der Waals surface area (Å²) in [7, 11) is 0. The molecule has 0 N–H and O–H groups in total. The van der Waals surface area contributed by atoms with Gasteiger partial charge in [0.25, 0.3) is 0 Å². The number of carbonyl (C=O) groups excluding carboxylic acids is 1. The van der Waals surface area contributed by atoms with Gasteiger partial charge in [0, 0.05) is 29.8 Å². The van der Waals surface area contributed by atoms with Crippen LogP contribution >= 0.6 is 11.3 Å². The largest absolute Gasteiger partial charge is 0.340 e. The molecule has 0 aromatic carbocycles. The molecule has 1 aromatic rings. The molecule has 3 heteroatoms. The maximum absolute atomic E-state index is 12.1. The Morgan fingerprint density at radius 2 is 2.35 bits per heavy atom. The molecule has 2 unspecified atom stereocenters. The van der Waals surface area contributed by atoms with Crippen LogP contribution in [0.25, 0.3) is 0 Å². The second-order valence-corrected chi connectivity index (χ2v) is 6.00. The highest BCUT2D eigenvalue weighted by molar-refractivity contribution is 7.10. The predicted octanol–water partition coefficient (Wildman–Crippen LogP) is 3.56. The molecule has 2 nitrogen and oxygen atoms in total. The summed E-state index contributed by atoms with van der Waals surface area (Å²) in [5.74, 6) is 0.795. The minimum absolute atomic E-state index is 0.335. The van der Waals surface area contributed by atoms with E-state index in [4.69, 9.17) is 0 Å². The zero-order valence-corrected chi connectivity index (χ0v) is 11.7. The fraction of sp³-hybridized carbons (Fsp3) is 0.643. The smallest absolute Gasteiger partial charge is 0.223 e. The second kappa shape index (κ2) is 5.21. The summed E-state index contributed by atoms with van der Waals surface area (Å²) in [6, 6.07) is 2.63. The van der Waals surface area contributed by atoms with Crippen LogP contribution in [-0.4, -0.2) is 23.4 Å². The van der Waals surface area contributed by atoms with Gasteiger partial charge in [-0.15, -0.1) is 11.3 Å². The minimum atomic E-state index is 0.335.